The maximum atomic E-state index is 12.8. The smallest absolute Gasteiger partial charge is 0.141 e. The van der Waals surface area contributed by atoms with E-state index in [0.717, 1.165) is 21.4 Å². The lowest BCUT2D eigenvalue weighted by atomic mass is 10.3. The molecule has 0 N–H and O–H groups in total. The van der Waals surface area contributed by atoms with Crippen LogP contribution in [0.2, 0.25) is 0 Å². The number of hydrogen-bond donors (Lipinski definition) is 0. The first kappa shape index (κ1) is 11.3. The molecular formula is C13H9BrFN3. The fraction of sp³-hybridized carbons (Fsp3) is 0.0769. The third-order valence-electron chi connectivity index (χ3n) is 2.69. The number of imidazole rings is 1. The number of halogens is 2. The van der Waals surface area contributed by atoms with Crippen LogP contribution in [0.15, 0.2) is 41.3 Å². The summed E-state index contributed by atoms with van der Waals surface area (Å²) in [5.41, 5.74) is 3.34. The monoisotopic (exact) mass is 305 g/mol. The lowest BCUT2D eigenvalue weighted by Gasteiger charge is -1.97. The molecule has 0 bridgehead atoms. The van der Waals surface area contributed by atoms with E-state index in [1.54, 1.807) is 6.07 Å². The summed E-state index contributed by atoms with van der Waals surface area (Å²) < 4.78 is 15.7. The Labute approximate surface area is 111 Å². The van der Waals surface area contributed by atoms with Crippen molar-refractivity contribution < 1.29 is 4.39 Å². The van der Waals surface area contributed by atoms with Crippen molar-refractivity contribution in [3.8, 4) is 11.4 Å². The second-order valence-electron chi connectivity index (χ2n) is 4.06. The van der Waals surface area contributed by atoms with Crippen LogP contribution in [0.1, 0.15) is 5.56 Å². The molecule has 5 heteroatoms. The average Bonchev–Trinajstić information content (AvgIpc) is 2.74. The van der Waals surface area contributed by atoms with Gasteiger partial charge in [-0.15, -0.1) is 0 Å². The average molecular weight is 306 g/mol. The fourth-order valence-corrected chi connectivity index (χ4v) is 2.44. The molecule has 0 saturated heterocycles. The lowest BCUT2D eigenvalue weighted by Crippen LogP contribution is -1.86. The predicted octanol–water partition coefficient (Wildman–Crippen LogP) is 3.61. The van der Waals surface area contributed by atoms with E-state index >= 15 is 0 Å². The van der Waals surface area contributed by atoms with Crippen LogP contribution in [-0.4, -0.2) is 14.4 Å². The first-order chi connectivity index (χ1) is 8.63. The molecule has 0 atom stereocenters. The molecule has 0 aliphatic rings. The maximum absolute atomic E-state index is 12.8. The molecule has 0 radical (unpaired) electrons. The van der Waals surface area contributed by atoms with Crippen molar-refractivity contribution in [3.63, 3.8) is 0 Å². The highest BCUT2D eigenvalue weighted by Crippen LogP contribution is 2.21. The Morgan fingerprint density at radius 3 is 2.78 bits per heavy atom. The Morgan fingerprint density at radius 2 is 2.06 bits per heavy atom. The summed E-state index contributed by atoms with van der Waals surface area (Å²) in [6.07, 6.45) is 5.01. The molecule has 0 unspecified atom stereocenters. The van der Waals surface area contributed by atoms with Gasteiger partial charge >= 0.3 is 0 Å². The highest BCUT2D eigenvalue weighted by Gasteiger charge is 2.08. The molecule has 3 nitrogen and oxygen atoms in total. The number of fused-ring (bicyclic) bond motifs is 1. The summed E-state index contributed by atoms with van der Waals surface area (Å²) in [4.78, 5) is 8.54. The van der Waals surface area contributed by atoms with Crippen molar-refractivity contribution in [1.29, 1.82) is 0 Å². The Morgan fingerprint density at radius 1 is 1.22 bits per heavy atom. The van der Waals surface area contributed by atoms with E-state index in [1.807, 2.05) is 29.8 Å². The third-order valence-corrected chi connectivity index (χ3v) is 3.13. The molecule has 3 aromatic heterocycles. The van der Waals surface area contributed by atoms with E-state index in [-0.39, 0.29) is 5.82 Å². The van der Waals surface area contributed by atoms with Crippen molar-refractivity contribution in [2.24, 2.45) is 0 Å². The SMILES string of the molecule is Cc1cc(Br)cn2cc(-c3ccc(F)cn3)nc12. The second kappa shape index (κ2) is 4.17. The zero-order valence-corrected chi connectivity index (χ0v) is 11.1. The predicted molar refractivity (Wildman–Crippen MR) is 70.8 cm³/mol. The molecule has 0 aromatic carbocycles. The van der Waals surface area contributed by atoms with Gasteiger partial charge in [-0.05, 0) is 46.6 Å². The van der Waals surface area contributed by atoms with E-state index in [9.17, 15) is 4.39 Å². The number of nitrogens with zero attached hydrogens (tertiary/aromatic N) is 3. The maximum Gasteiger partial charge on any atom is 0.141 e. The second-order valence-corrected chi connectivity index (χ2v) is 4.98. The van der Waals surface area contributed by atoms with Crippen LogP contribution >= 0.6 is 15.9 Å². The highest BCUT2D eigenvalue weighted by atomic mass is 79.9. The first-order valence-electron chi connectivity index (χ1n) is 5.40. The fourth-order valence-electron chi connectivity index (χ4n) is 1.88. The summed E-state index contributed by atoms with van der Waals surface area (Å²) >= 11 is 3.44. The normalized spacial score (nSPS) is 11.1. The minimum Gasteiger partial charge on any atom is -0.305 e. The molecule has 3 rings (SSSR count). The summed E-state index contributed by atoms with van der Waals surface area (Å²) in [5, 5.41) is 0. The molecular weight excluding hydrogens is 297 g/mol. The topological polar surface area (TPSA) is 30.2 Å². The van der Waals surface area contributed by atoms with Crippen LogP contribution in [0.5, 0.6) is 0 Å². The molecule has 0 amide bonds. The minimum atomic E-state index is -0.346. The van der Waals surface area contributed by atoms with Crippen molar-refractivity contribution >= 4 is 21.6 Å². The van der Waals surface area contributed by atoms with Crippen LogP contribution in [0.3, 0.4) is 0 Å². The number of rotatable bonds is 1. The van der Waals surface area contributed by atoms with E-state index in [0.29, 0.717) is 5.69 Å². The summed E-state index contributed by atoms with van der Waals surface area (Å²) in [6.45, 7) is 2.00. The van der Waals surface area contributed by atoms with Gasteiger partial charge in [0.15, 0.2) is 0 Å². The van der Waals surface area contributed by atoms with Gasteiger partial charge in [-0.3, -0.25) is 4.98 Å². The van der Waals surface area contributed by atoms with E-state index in [4.69, 9.17) is 0 Å². The molecule has 0 fully saturated rings. The molecule has 0 aliphatic heterocycles. The van der Waals surface area contributed by atoms with Gasteiger partial charge in [0.25, 0.3) is 0 Å². The van der Waals surface area contributed by atoms with Crippen LogP contribution in [0, 0.1) is 12.7 Å². The van der Waals surface area contributed by atoms with Gasteiger partial charge in [0.2, 0.25) is 0 Å². The lowest BCUT2D eigenvalue weighted by molar-refractivity contribution is 0.622. The van der Waals surface area contributed by atoms with Crippen molar-refractivity contribution in [2.75, 3.05) is 0 Å². The Kier molecular flexibility index (Phi) is 2.63. The van der Waals surface area contributed by atoms with Crippen LogP contribution < -0.4 is 0 Å². The molecule has 3 aromatic rings. The van der Waals surface area contributed by atoms with Crippen molar-refractivity contribution in [2.45, 2.75) is 6.92 Å². The quantitative estimate of drug-likeness (QED) is 0.687. The standard InChI is InChI=1S/C13H9BrFN3/c1-8-4-9(14)6-18-7-12(17-13(8)18)11-3-2-10(15)5-16-11/h2-7H,1H3. The van der Waals surface area contributed by atoms with Crippen LogP contribution in [0.4, 0.5) is 4.39 Å². The summed E-state index contributed by atoms with van der Waals surface area (Å²) in [7, 11) is 0. The van der Waals surface area contributed by atoms with Gasteiger partial charge < -0.3 is 4.40 Å². The number of aromatic nitrogens is 3. The number of hydrogen-bond acceptors (Lipinski definition) is 2. The van der Waals surface area contributed by atoms with Crippen LogP contribution in [-0.2, 0) is 0 Å². The molecule has 0 aliphatic carbocycles. The largest absolute Gasteiger partial charge is 0.305 e. The first-order valence-corrected chi connectivity index (χ1v) is 6.19. The van der Waals surface area contributed by atoms with Crippen molar-refractivity contribution in [1.82, 2.24) is 14.4 Å². The Balaban J connectivity index is 2.19. The Hall–Kier alpha value is -1.75. The van der Waals surface area contributed by atoms with E-state index in [2.05, 4.69) is 25.9 Å². The van der Waals surface area contributed by atoms with Gasteiger partial charge in [0.05, 0.1) is 11.9 Å². The molecule has 18 heavy (non-hydrogen) atoms. The number of aryl methyl sites for hydroxylation is 1. The zero-order chi connectivity index (χ0) is 12.7. The van der Waals surface area contributed by atoms with Gasteiger partial charge in [-0.1, -0.05) is 0 Å². The Bertz CT molecular complexity index is 719. The zero-order valence-electron chi connectivity index (χ0n) is 9.56. The van der Waals surface area contributed by atoms with Crippen molar-refractivity contribution in [3.05, 3.63) is 52.6 Å². The van der Waals surface area contributed by atoms with Crippen LogP contribution in [0.25, 0.3) is 17.0 Å². The van der Waals surface area contributed by atoms with E-state index < -0.39 is 0 Å². The number of pyridine rings is 2. The molecule has 0 saturated carbocycles. The molecule has 3 heterocycles. The van der Waals surface area contributed by atoms with Gasteiger partial charge in [0, 0.05) is 16.9 Å². The summed E-state index contributed by atoms with van der Waals surface area (Å²) in [6, 6.07) is 5.01. The third kappa shape index (κ3) is 1.90. The van der Waals surface area contributed by atoms with Gasteiger partial charge in [0.1, 0.15) is 17.2 Å². The minimum absolute atomic E-state index is 0.346. The molecule has 0 spiro atoms. The molecule has 90 valence electrons. The van der Waals surface area contributed by atoms with Gasteiger partial charge in [-0.2, -0.15) is 0 Å². The highest BCUT2D eigenvalue weighted by molar-refractivity contribution is 9.10. The van der Waals surface area contributed by atoms with Gasteiger partial charge in [-0.25, -0.2) is 9.37 Å². The summed E-state index contributed by atoms with van der Waals surface area (Å²) in [5.74, 6) is -0.346. The van der Waals surface area contributed by atoms with E-state index in [1.165, 1.54) is 12.3 Å².